The van der Waals surface area contributed by atoms with Crippen LogP contribution in [0.25, 0.3) is 0 Å². The molecule has 0 saturated heterocycles. The molecule has 0 radical (unpaired) electrons. The molecule has 0 aliphatic heterocycles. The Morgan fingerprint density at radius 3 is 2.17 bits per heavy atom. The van der Waals surface area contributed by atoms with Crippen molar-refractivity contribution in [2.24, 2.45) is 0 Å². The SMILES string of the molecule is CCOc1ccc(CCC(=O)N(Cc2cccc(Br)c2)[C@@H](Cc2ccccc2)C(=O)NC(C)(C)C)cc1OCC. The lowest BCUT2D eigenvalue weighted by molar-refractivity contribution is -0.141. The first-order chi connectivity index (χ1) is 19.1. The van der Waals surface area contributed by atoms with E-state index in [1.165, 1.54) is 0 Å². The van der Waals surface area contributed by atoms with Gasteiger partial charge in [0.05, 0.1) is 13.2 Å². The van der Waals surface area contributed by atoms with Crippen LogP contribution < -0.4 is 14.8 Å². The Balaban J connectivity index is 1.92. The topological polar surface area (TPSA) is 67.9 Å². The number of hydrogen-bond donors (Lipinski definition) is 1. The van der Waals surface area contributed by atoms with Crippen molar-refractivity contribution in [2.75, 3.05) is 13.2 Å². The number of nitrogens with one attached hydrogen (secondary N) is 1. The van der Waals surface area contributed by atoms with E-state index in [1.807, 2.05) is 107 Å². The van der Waals surface area contributed by atoms with Gasteiger partial charge in [0.25, 0.3) is 0 Å². The average molecular weight is 610 g/mol. The first kappa shape index (κ1) is 31.2. The quantitative estimate of drug-likeness (QED) is 0.233. The van der Waals surface area contributed by atoms with Crippen molar-refractivity contribution in [1.82, 2.24) is 10.2 Å². The molecule has 214 valence electrons. The van der Waals surface area contributed by atoms with Gasteiger partial charge in [0, 0.05) is 29.4 Å². The summed E-state index contributed by atoms with van der Waals surface area (Å²) in [7, 11) is 0. The molecular weight excluding hydrogens is 568 g/mol. The summed E-state index contributed by atoms with van der Waals surface area (Å²) >= 11 is 3.54. The summed E-state index contributed by atoms with van der Waals surface area (Å²) < 4.78 is 12.4. The van der Waals surface area contributed by atoms with E-state index in [4.69, 9.17) is 9.47 Å². The molecule has 1 N–H and O–H groups in total. The Hall–Kier alpha value is -3.32. The van der Waals surface area contributed by atoms with Gasteiger partial charge in [0.1, 0.15) is 6.04 Å². The second kappa shape index (κ2) is 14.9. The Labute approximate surface area is 247 Å². The molecule has 7 heteroatoms. The van der Waals surface area contributed by atoms with E-state index in [0.29, 0.717) is 44.1 Å². The summed E-state index contributed by atoms with van der Waals surface area (Å²) in [6, 6.07) is 22.8. The highest BCUT2D eigenvalue weighted by Crippen LogP contribution is 2.29. The van der Waals surface area contributed by atoms with Crippen LogP contribution in [0.1, 0.15) is 57.7 Å². The third kappa shape index (κ3) is 9.70. The van der Waals surface area contributed by atoms with E-state index in [-0.39, 0.29) is 18.2 Å². The zero-order valence-electron chi connectivity index (χ0n) is 24.2. The van der Waals surface area contributed by atoms with Gasteiger partial charge >= 0.3 is 0 Å². The number of nitrogens with zero attached hydrogens (tertiary/aromatic N) is 1. The maximum atomic E-state index is 14.0. The molecule has 3 aromatic carbocycles. The van der Waals surface area contributed by atoms with Crippen LogP contribution in [-0.2, 0) is 29.0 Å². The van der Waals surface area contributed by atoms with Crippen molar-refractivity contribution in [2.45, 2.75) is 72.0 Å². The molecule has 0 saturated carbocycles. The Bertz CT molecular complexity index is 1260. The molecule has 0 bridgehead atoms. The number of hydrogen-bond acceptors (Lipinski definition) is 4. The summed E-state index contributed by atoms with van der Waals surface area (Å²) in [6.45, 7) is 11.1. The van der Waals surface area contributed by atoms with Gasteiger partial charge < -0.3 is 19.7 Å². The monoisotopic (exact) mass is 608 g/mol. The van der Waals surface area contributed by atoms with Crippen molar-refractivity contribution in [1.29, 1.82) is 0 Å². The maximum absolute atomic E-state index is 14.0. The normalized spacial score (nSPS) is 11.9. The summed E-state index contributed by atoms with van der Waals surface area (Å²) in [5, 5.41) is 3.11. The van der Waals surface area contributed by atoms with Crippen LogP contribution >= 0.6 is 15.9 Å². The van der Waals surface area contributed by atoms with Gasteiger partial charge in [-0.15, -0.1) is 0 Å². The fraction of sp³-hybridized carbons (Fsp3) is 0.394. The van der Waals surface area contributed by atoms with Gasteiger partial charge in [-0.25, -0.2) is 0 Å². The molecule has 3 rings (SSSR count). The lowest BCUT2D eigenvalue weighted by atomic mass is 9.99. The zero-order valence-corrected chi connectivity index (χ0v) is 25.8. The molecule has 0 heterocycles. The maximum Gasteiger partial charge on any atom is 0.243 e. The lowest BCUT2D eigenvalue weighted by Gasteiger charge is -2.34. The number of ether oxygens (including phenoxy) is 2. The number of aryl methyl sites for hydroxylation is 1. The van der Waals surface area contributed by atoms with Gasteiger partial charge in [-0.1, -0.05) is 64.5 Å². The molecule has 3 aromatic rings. The molecule has 0 spiro atoms. The number of carbonyl (C=O) groups is 2. The first-order valence-electron chi connectivity index (χ1n) is 13.9. The predicted molar refractivity (Wildman–Crippen MR) is 164 cm³/mol. The molecule has 2 amide bonds. The number of benzene rings is 3. The van der Waals surface area contributed by atoms with Crippen LogP contribution in [0, 0.1) is 0 Å². The van der Waals surface area contributed by atoms with Gasteiger partial charge in [-0.3, -0.25) is 9.59 Å². The minimum absolute atomic E-state index is 0.0863. The number of rotatable bonds is 13. The minimum Gasteiger partial charge on any atom is -0.490 e. The van der Waals surface area contributed by atoms with Crippen LogP contribution in [0.15, 0.2) is 77.3 Å². The summed E-state index contributed by atoms with van der Waals surface area (Å²) in [5.74, 6) is 1.11. The fourth-order valence-corrected chi connectivity index (χ4v) is 4.93. The highest BCUT2D eigenvalue weighted by atomic mass is 79.9. The molecule has 0 unspecified atom stereocenters. The highest BCUT2D eigenvalue weighted by Gasteiger charge is 2.32. The smallest absolute Gasteiger partial charge is 0.243 e. The Kier molecular flexibility index (Phi) is 11.6. The van der Waals surface area contributed by atoms with E-state index in [1.54, 1.807) is 4.90 Å². The molecular formula is C33H41BrN2O4. The molecule has 0 fully saturated rings. The van der Waals surface area contributed by atoms with E-state index >= 15 is 0 Å². The number of halogens is 1. The fourth-order valence-electron chi connectivity index (χ4n) is 4.48. The first-order valence-corrected chi connectivity index (χ1v) is 14.7. The van der Waals surface area contributed by atoms with Gasteiger partial charge in [-0.2, -0.15) is 0 Å². The van der Waals surface area contributed by atoms with Crippen LogP contribution in [0.3, 0.4) is 0 Å². The third-order valence-electron chi connectivity index (χ3n) is 6.25. The number of amides is 2. The zero-order chi connectivity index (χ0) is 29.1. The lowest BCUT2D eigenvalue weighted by Crippen LogP contribution is -2.54. The van der Waals surface area contributed by atoms with Crippen molar-refractivity contribution in [3.8, 4) is 11.5 Å². The van der Waals surface area contributed by atoms with E-state index < -0.39 is 11.6 Å². The van der Waals surface area contributed by atoms with Crippen LogP contribution in [0.5, 0.6) is 11.5 Å². The minimum atomic E-state index is -0.674. The molecule has 1 atom stereocenters. The predicted octanol–water partition coefficient (Wildman–Crippen LogP) is 6.73. The van der Waals surface area contributed by atoms with Gasteiger partial charge in [0.2, 0.25) is 11.8 Å². The van der Waals surface area contributed by atoms with Crippen molar-refractivity contribution >= 4 is 27.7 Å². The summed E-state index contributed by atoms with van der Waals surface area (Å²) in [4.78, 5) is 29.4. The molecule has 40 heavy (non-hydrogen) atoms. The van der Waals surface area contributed by atoms with Crippen LogP contribution in [0.2, 0.25) is 0 Å². The molecule has 6 nitrogen and oxygen atoms in total. The van der Waals surface area contributed by atoms with Gasteiger partial charge in [0.15, 0.2) is 11.5 Å². The second-order valence-electron chi connectivity index (χ2n) is 10.7. The second-order valence-corrected chi connectivity index (χ2v) is 11.7. The number of carbonyl (C=O) groups excluding carboxylic acids is 2. The summed E-state index contributed by atoms with van der Waals surface area (Å²) in [6.07, 6.45) is 1.18. The van der Waals surface area contributed by atoms with E-state index in [0.717, 1.165) is 21.2 Å². The standard InChI is InChI=1S/C33H41BrN2O4/c1-6-39-29-18-16-25(22-30(29)40-7-2)17-19-31(37)36(23-26-14-11-15-27(34)20-26)28(32(38)35-33(3,4)5)21-24-12-9-8-10-13-24/h8-16,18,20,22,28H,6-7,17,19,21,23H2,1-5H3,(H,35,38)/t28-/m0/s1. The third-order valence-corrected chi connectivity index (χ3v) is 6.74. The molecule has 0 aliphatic carbocycles. The average Bonchev–Trinajstić information content (AvgIpc) is 2.90. The summed E-state index contributed by atoms with van der Waals surface area (Å²) in [5.41, 5.74) is 2.48. The van der Waals surface area contributed by atoms with E-state index in [2.05, 4.69) is 21.2 Å². The Morgan fingerprint density at radius 2 is 1.52 bits per heavy atom. The Morgan fingerprint density at radius 1 is 0.850 bits per heavy atom. The van der Waals surface area contributed by atoms with E-state index in [9.17, 15) is 9.59 Å². The van der Waals surface area contributed by atoms with Crippen molar-refractivity contribution in [3.63, 3.8) is 0 Å². The van der Waals surface area contributed by atoms with Crippen molar-refractivity contribution < 1.29 is 19.1 Å². The largest absolute Gasteiger partial charge is 0.490 e. The van der Waals surface area contributed by atoms with Crippen molar-refractivity contribution in [3.05, 3.63) is 94.0 Å². The molecule has 0 aromatic heterocycles. The highest BCUT2D eigenvalue weighted by molar-refractivity contribution is 9.10. The van der Waals surface area contributed by atoms with Crippen LogP contribution in [-0.4, -0.2) is 41.5 Å². The van der Waals surface area contributed by atoms with Crippen LogP contribution in [0.4, 0.5) is 0 Å². The van der Waals surface area contributed by atoms with Gasteiger partial charge in [-0.05, 0) is 82.0 Å². The molecule has 0 aliphatic rings.